The van der Waals surface area contributed by atoms with Crippen LogP contribution in [0.3, 0.4) is 0 Å². The van der Waals surface area contributed by atoms with Crippen molar-refractivity contribution in [1.29, 1.82) is 0 Å². The standard InChI is InChI=1S/C16H24N2O/c1-10-6-11(2)8-14(7-10)18-13-4-5-16(17)15(9-13)12(3)19/h4-5,9-11,14,18H,6-8,17H2,1-3H3. The first-order valence-electron chi connectivity index (χ1n) is 7.12. The molecule has 0 spiro atoms. The minimum absolute atomic E-state index is 0.0199. The number of hydrogen-bond donors (Lipinski definition) is 2. The van der Waals surface area contributed by atoms with Gasteiger partial charge in [-0.25, -0.2) is 0 Å². The lowest BCUT2D eigenvalue weighted by molar-refractivity contribution is 0.101. The van der Waals surface area contributed by atoms with Crippen molar-refractivity contribution in [3.05, 3.63) is 23.8 Å². The molecule has 1 aromatic carbocycles. The van der Waals surface area contributed by atoms with E-state index < -0.39 is 0 Å². The molecule has 104 valence electrons. The molecule has 0 amide bonds. The summed E-state index contributed by atoms with van der Waals surface area (Å²) in [5.74, 6) is 1.55. The third-order valence-electron chi connectivity index (χ3n) is 3.98. The molecule has 2 atom stereocenters. The molecule has 0 saturated heterocycles. The number of rotatable bonds is 3. The highest BCUT2D eigenvalue weighted by atomic mass is 16.1. The van der Waals surface area contributed by atoms with Gasteiger partial charge in [0.1, 0.15) is 0 Å². The quantitative estimate of drug-likeness (QED) is 0.643. The van der Waals surface area contributed by atoms with Crippen molar-refractivity contribution in [3.63, 3.8) is 0 Å². The van der Waals surface area contributed by atoms with Gasteiger partial charge in [-0.2, -0.15) is 0 Å². The Morgan fingerprint density at radius 1 is 1.21 bits per heavy atom. The van der Waals surface area contributed by atoms with E-state index in [0.29, 0.717) is 17.3 Å². The average molecular weight is 260 g/mol. The summed E-state index contributed by atoms with van der Waals surface area (Å²) in [4.78, 5) is 11.5. The molecule has 3 N–H and O–H groups in total. The largest absolute Gasteiger partial charge is 0.398 e. The lowest BCUT2D eigenvalue weighted by Crippen LogP contribution is -2.30. The molecule has 3 heteroatoms. The fourth-order valence-corrected chi connectivity index (χ4v) is 3.25. The summed E-state index contributed by atoms with van der Waals surface area (Å²) in [6.07, 6.45) is 3.72. The summed E-state index contributed by atoms with van der Waals surface area (Å²) < 4.78 is 0. The van der Waals surface area contributed by atoms with Crippen LogP contribution in [0.2, 0.25) is 0 Å². The van der Waals surface area contributed by atoms with Crippen LogP contribution in [0.25, 0.3) is 0 Å². The molecule has 1 aliphatic rings. The Hall–Kier alpha value is -1.51. The molecule has 19 heavy (non-hydrogen) atoms. The maximum atomic E-state index is 11.5. The number of ketones is 1. The van der Waals surface area contributed by atoms with Crippen molar-refractivity contribution in [1.82, 2.24) is 0 Å². The van der Waals surface area contributed by atoms with E-state index in [1.807, 2.05) is 18.2 Å². The Bertz CT molecular complexity index is 460. The third-order valence-corrected chi connectivity index (χ3v) is 3.98. The van der Waals surface area contributed by atoms with Gasteiger partial charge in [-0.15, -0.1) is 0 Å². The molecule has 0 radical (unpaired) electrons. The van der Waals surface area contributed by atoms with Gasteiger partial charge in [0.15, 0.2) is 5.78 Å². The van der Waals surface area contributed by atoms with Gasteiger partial charge in [-0.3, -0.25) is 4.79 Å². The molecule has 0 bridgehead atoms. The Morgan fingerprint density at radius 3 is 2.42 bits per heavy atom. The van der Waals surface area contributed by atoms with Crippen molar-refractivity contribution in [3.8, 4) is 0 Å². The van der Waals surface area contributed by atoms with E-state index in [0.717, 1.165) is 17.5 Å². The number of nitrogen functional groups attached to an aromatic ring is 1. The van der Waals surface area contributed by atoms with Crippen LogP contribution in [-0.4, -0.2) is 11.8 Å². The number of Topliss-reactive ketones (excluding diaryl/α,β-unsaturated/α-hetero) is 1. The van der Waals surface area contributed by atoms with Gasteiger partial charge < -0.3 is 11.1 Å². The van der Waals surface area contributed by atoms with Gasteiger partial charge in [0.25, 0.3) is 0 Å². The smallest absolute Gasteiger partial charge is 0.161 e. The monoisotopic (exact) mass is 260 g/mol. The highest BCUT2D eigenvalue weighted by Gasteiger charge is 2.23. The lowest BCUT2D eigenvalue weighted by atomic mass is 9.80. The molecule has 2 unspecified atom stereocenters. The second kappa shape index (κ2) is 5.64. The van der Waals surface area contributed by atoms with Gasteiger partial charge in [-0.1, -0.05) is 13.8 Å². The predicted octanol–water partition coefficient (Wildman–Crippen LogP) is 3.71. The highest BCUT2D eigenvalue weighted by molar-refractivity contribution is 6.00. The van der Waals surface area contributed by atoms with Crippen molar-refractivity contribution in [2.75, 3.05) is 11.1 Å². The van der Waals surface area contributed by atoms with Crippen molar-refractivity contribution < 1.29 is 4.79 Å². The Labute approximate surface area is 115 Å². The van der Waals surface area contributed by atoms with E-state index in [9.17, 15) is 4.79 Å². The first-order chi connectivity index (χ1) is 8.95. The third kappa shape index (κ3) is 3.49. The fraction of sp³-hybridized carbons (Fsp3) is 0.562. The zero-order chi connectivity index (χ0) is 14.0. The highest BCUT2D eigenvalue weighted by Crippen LogP contribution is 2.31. The van der Waals surface area contributed by atoms with Crippen molar-refractivity contribution >= 4 is 17.2 Å². The number of hydrogen-bond acceptors (Lipinski definition) is 3. The number of nitrogens with two attached hydrogens (primary N) is 1. The van der Waals surface area contributed by atoms with Gasteiger partial charge in [0, 0.05) is 23.0 Å². The van der Waals surface area contributed by atoms with Crippen LogP contribution in [0, 0.1) is 11.8 Å². The summed E-state index contributed by atoms with van der Waals surface area (Å²) in [6, 6.07) is 6.16. The molecule has 0 aliphatic heterocycles. The predicted molar refractivity (Wildman–Crippen MR) is 80.4 cm³/mol. The maximum Gasteiger partial charge on any atom is 0.161 e. The number of nitrogens with one attached hydrogen (secondary N) is 1. The molecule has 1 aliphatic carbocycles. The van der Waals surface area contributed by atoms with E-state index >= 15 is 0 Å². The van der Waals surface area contributed by atoms with Crippen LogP contribution in [0.15, 0.2) is 18.2 Å². The summed E-state index contributed by atoms with van der Waals surface area (Å²) in [5, 5.41) is 3.56. The summed E-state index contributed by atoms with van der Waals surface area (Å²) in [7, 11) is 0. The molecular weight excluding hydrogens is 236 g/mol. The van der Waals surface area contributed by atoms with Crippen LogP contribution in [0.5, 0.6) is 0 Å². The maximum absolute atomic E-state index is 11.5. The molecule has 1 fully saturated rings. The topological polar surface area (TPSA) is 55.1 Å². The van der Waals surface area contributed by atoms with Gasteiger partial charge >= 0.3 is 0 Å². The number of carbonyl (C=O) groups is 1. The Balaban J connectivity index is 2.10. The minimum atomic E-state index is 0.0199. The molecule has 1 aromatic rings. The van der Waals surface area contributed by atoms with E-state index in [2.05, 4.69) is 19.2 Å². The normalized spacial score (nSPS) is 27.0. The zero-order valence-corrected chi connectivity index (χ0v) is 12.1. The van der Waals surface area contributed by atoms with E-state index in [1.165, 1.54) is 19.3 Å². The Kier molecular flexibility index (Phi) is 4.13. The molecule has 2 rings (SSSR count). The lowest BCUT2D eigenvalue weighted by Gasteiger charge is -2.32. The van der Waals surface area contributed by atoms with E-state index in [-0.39, 0.29) is 5.78 Å². The molecule has 0 aromatic heterocycles. The van der Waals surface area contributed by atoms with Crippen LogP contribution in [0.1, 0.15) is 50.4 Å². The number of anilines is 2. The number of benzene rings is 1. The second-order valence-electron chi connectivity index (χ2n) is 6.12. The SMILES string of the molecule is CC(=O)c1cc(NC2CC(C)CC(C)C2)ccc1N. The van der Waals surface area contributed by atoms with Crippen LogP contribution in [-0.2, 0) is 0 Å². The van der Waals surface area contributed by atoms with Crippen LogP contribution < -0.4 is 11.1 Å². The molecule has 1 saturated carbocycles. The summed E-state index contributed by atoms with van der Waals surface area (Å²) in [5.41, 5.74) is 8.00. The van der Waals surface area contributed by atoms with Crippen molar-refractivity contribution in [2.24, 2.45) is 11.8 Å². The Morgan fingerprint density at radius 2 is 1.84 bits per heavy atom. The summed E-state index contributed by atoms with van der Waals surface area (Å²) in [6.45, 7) is 6.18. The van der Waals surface area contributed by atoms with Crippen molar-refractivity contribution in [2.45, 2.75) is 46.1 Å². The summed E-state index contributed by atoms with van der Waals surface area (Å²) >= 11 is 0. The number of carbonyl (C=O) groups excluding carboxylic acids is 1. The van der Waals surface area contributed by atoms with E-state index in [4.69, 9.17) is 5.73 Å². The average Bonchev–Trinajstić information content (AvgIpc) is 2.30. The van der Waals surface area contributed by atoms with Crippen LogP contribution in [0.4, 0.5) is 11.4 Å². The van der Waals surface area contributed by atoms with E-state index in [1.54, 1.807) is 6.92 Å². The minimum Gasteiger partial charge on any atom is -0.398 e. The zero-order valence-electron chi connectivity index (χ0n) is 12.1. The second-order valence-corrected chi connectivity index (χ2v) is 6.12. The first-order valence-corrected chi connectivity index (χ1v) is 7.12. The van der Waals surface area contributed by atoms with Crippen LogP contribution >= 0.6 is 0 Å². The fourth-order valence-electron chi connectivity index (χ4n) is 3.25. The van der Waals surface area contributed by atoms with Gasteiger partial charge in [0.05, 0.1) is 0 Å². The van der Waals surface area contributed by atoms with Gasteiger partial charge in [-0.05, 0) is 56.2 Å². The molecule has 3 nitrogen and oxygen atoms in total. The molecule has 0 heterocycles. The first kappa shape index (κ1) is 13.9. The van der Waals surface area contributed by atoms with Gasteiger partial charge in [0.2, 0.25) is 0 Å². The molecular formula is C16H24N2O.